The number of alkyl halides is 6. The molecule has 7 atom stereocenters. The van der Waals surface area contributed by atoms with Crippen LogP contribution in [0.2, 0.25) is 0 Å². The Labute approximate surface area is 150 Å². The smallest absolute Gasteiger partial charge is 0.166 e. The van der Waals surface area contributed by atoms with Gasteiger partial charge in [-0.15, -0.1) is 46.4 Å². The summed E-state index contributed by atoms with van der Waals surface area (Å²) < 4.78 is -1.68. The van der Waals surface area contributed by atoms with Crippen LogP contribution in [0.1, 0.15) is 0 Å². The average molecular weight is 426 g/mol. The molecule has 19 heavy (non-hydrogen) atoms. The molecular weight excluding hydrogens is 420 g/mol. The number of hydrogen-bond donors (Lipinski definition) is 1. The van der Waals surface area contributed by atoms with Crippen molar-refractivity contribution in [2.45, 2.75) is 30.9 Å². The molecule has 2 saturated carbocycles. The predicted molar refractivity (Wildman–Crippen MR) is 82.6 cm³/mol. The van der Waals surface area contributed by atoms with Crippen LogP contribution in [0.15, 0.2) is 10.1 Å². The van der Waals surface area contributed by atoms with E-state index in [1.807, 2.05) is 0 Å². The molecule has 0 aromatic rings. The molecule has 108 valence electrons. The Bertz CT molecular complexity index is 452. The molecule has 2 fully saturated rings. The van der Waals surface area contributed by atoms with Gasteiger partial charge in [-0.05, 0) is 0 Å². The third-order valence-corrected chi connectivity index (χ3v) is 9.89. The molecule has 5 unspecified atom stereocenters. The van der Waals surface area contributed by atoms with Crippen molar-refractivity contribution in [2.75, 3.05) is 0 Å². The zero-order valence-electron chi connectivity index (χ0n) is 8.86. The molecule has 0 aromatic carbocycles. The summed E-state index contributed by atoms with van der Waals surface area (Å²) in [6, 6.07) is 0. The van der Waals surface area contributed by atoms with Gasteiger partial charge in [0.25, 0.3) is 0 Å². The van der Waals surface area contributed by atoms with Gasteiger partial charge in [0.2, 0.25) is 0 Å². The molecule has 3 rings (SSSR count). The van der Waals surface area contributed by atoms with Gasteiger partial charge in [0, 0.05) is 11.8 Å². The third-order valence-electron chi connectivity index (χ3n) is 4.39. The standard InChI is InChI=1S/C10H6Cl8O/c11-3-1-2(5(19)4(3)12)9(16)7(14)6(13)8(1,15)10(9,17)18/h1-5,19H/t1?,2?,3?,4?,5?,8-,9-/m1/s1. The minimum Gasteiger partial charge on any atom is -0.391 e. The van der Waals surface area contributed by atoms with Crippen molar-refractivity contribution in [2.24, 2.45) is 11.8 Å². The highest BCUT2D eigenvalue weighted by Gasteiger charge is 2.86. The molecule has 0 spiro atoms. The van der Waals surface area contributed by atoms with Gasteiger partial charge in [-0.3, -0.25) is 0 Å². The molecule has 2 bridgehead atoms. The van der Waals surface area contributed by atoms with Crippen molar-refractivity contribution in [3.05, 3.63) is 10.1 Å². The van der Waals surface area contributed by atoms with Gasteiger partial charge >= 0.3 is 0 Å². The maximum atomic E-state index is 10.3. The quantitative estimate of drug-likeness (QED) is 0.560. The van der Waals surface area contributed by atoms with E-state index < -0.39 is 42.8 Å². The highest BCUT2D eigenvalue weighted by molar-refractivity contribution is 6.66. The highest BCUT2D eigenvalue weighted by Crippen LogP contribution is 2.79. The zero-order chi connectivity index (χ0) is 14.5. The summed E-state index contributed by atoms with van der Waals surface area (Å²) in [6.45, 7) is 0. The van der Waals surface area contributed by atoms with E-state index in [9.17, 15) is 5.11 Å². The lowest BCUT2D eigenvalue weighted by Crippen LogP contribution is -2.49. The summed E-state index contributed by atoms with van der Waals surface area (Å²) in [7, 11) is 0. The normalized spacial score (nSPS) is 58.9. The molecule has 1 N–H and O–H groups in total. The van der Waals surface area contributed by atoms with E-state index in [4.69, 9.17) is 92.8 Å². The minimum atomic E-state index is -1.68. The van der Waals surface area contributed by atoms with Gasteiger partial charge in [0.15, 0.2) is 4.33 Å². The second-order valence-corrected chi connectivity index (χ2v) is 9.34. The molecule has 0 radical (unpaired) electrons. The van der Waals surface area contributed by atoms with Gasteiger partial charge in [-0.25, -0.2) is 0 Å². The van der Waals surface area contributed by atoms with Crippen molar-refractivity contribution >= 4 is 92.8 Å². The first-order valence-electron chi connectivity index (χ1n) is 5.32. The number of aliphatic hydroxyl groups is 1. The van der Waals surface area contributed by atoms with Gasteiger partial charge in [-0.1, -0.05) is 46.4 Å². The van der Waals surface area contributed by atoms with Crippen LogP contribution in [0.5, 0.6) is 0 Å². The minimum absolute atomic E-state index is 0.0470. The number of allylic oxidation sites excluding steroid dienone is 2. The molecule has 9 heteroatoms. The number of halogens is 8. The Hall–Kier alpha value is 2.02. The van der Waals surface area contributed by atoms with Gasteiger partial charge in [-0.2, -0.15) is 0 Å². The summed E-state index contributed by atoms with van der Waals surface area (Å²) >= 11 is 50.6. The Morgan fingerprint density at radius 1 is 0.789 bits per heavy atom. The molecule has 0 aromatic heterocycles. The topological polar surface area (TPSA) is 20.2 Å². The van der Waals surface area contributed by atoms with E-state index in [1.54, 1.807) is 0 Å². The van der Waals surface area contributed by atoms with E-state index in [0.717, 1.165) is 0 Å². The number of aliphatic hydroxyl groups excluding tert-OH is 1. The SMILES string of the molecule is OC1C(Cl)C(Cl)C2C1[C@@]1(Cl)C(Cl)=C(Cl)[C@@]2(Cl)C1(Cl)Cl. The fraction of sp³-hybridized carbons (Fsp3) is 0.800. The van der Waals surface area contributed by atoms with Crippen LogP contribution in [0.4, 0.5) is 0 Å². The van der Waals surface area contributed by atoms with Crippen LogP contribution in [-0.2, 0) is 0 Å². The van der Waals surface area contributed by atoms with Crippen LogP contribution >= 0.6 is 92.8 Å². The van der Waals surface area contributed by atoms with Gasteiger partial charge < -0.3 is 5.11 Å². The van der Waals surface area contributed by atoms with Crippen molar-refractivity contribution < 1.29 is 5.11 Å². The first-order valence-corrected chi connectivity index (χ1v) is 8.46. The average Bonchev–Trinajstić information content (AvgIpc) is 2.69. The van der Waals surface area contributed by atoms with Crippen molar-refractivity contribution in [3.8, 4) is 0 Å². The predicted octanol–water partition coefficient (Wildman–Crippen LogP) is 4.65. The first-order chi connectivity index (χ1) is 8.54. The summed E-state index contributed by atoms with van der Waals surface area (Å²) in [5, 5.41) is 8.99. The van der Waals surface area contributed by atoms with E-state index in [0.29, 0.717) is 0 Å². The fourth-order valence-electron chi connectivity index (χ4n) is 3.52. The highest BCUT2D eigenvalue weighted by atomic mass is 35.5. The number of hydrogen-bond acceptors (Lipinski definition) is 1. The van der Waals surface area contributed by atoms with E-state index in [2.05, 4.69) is 0 Å². The van der Waals surface area contributed by atoms with E-state index >= 15 is 0 Å². The first kappa shape index (κ1) is 15.9. The fourth-order valence-corrected chi connectivity index (χ4v) is 7.47. The number of fused-ring (bicyclic) bond motifs is 5. The third kappa shape index (κ3) is 1.41. The van der Waals surface area contributed by atoms with Crippen LogP contribution in [0.3, 0.4) is 0 Å². The van der Waals surface area contributed by atoms with E-state index in [-0.39, 0.29) is 10.1 Å². The van der Waals surface area contributed by atoms with Crippen LogP contribution in [-0.4, -0.2) is 36.0 Å². The summed E-state index contributed by atoms with van der Waals surface area (Å²) in [4.78, 5) is -2.96. The van der Waals surface area contributed by atoms with Crippen LogP contribution < -0.4 is 0 Å². The summed E-state index contributed by atoms with van der Waals surface area (Å²) in [5.41, 5.74) is 0. The lowest BCUT2D eigenvalue weighted by Gasteiger charge is -2.35. The molecule has 0 aliphatic heterocycles. The van der Waals surface area contributed by atoms with E-state index in [1.165, 1.54) is 0 Å². The van der Waals surface area contributed by atoms with Crippen molar-refractivity contribution in [1.29, 1.82) is 0 Å². The summed E-state index contributed by atoms with van der Waals surface area (Å²) in [5.74, 6) is -1.24. The largest absolute Gasteiger partial charge is 0.391 e. The monoisotopic (exact) mass is 422 g/mol. The Morgan fingerprint density at radius 3 is 1.68 bits per heavy atom. The Balaban J connectivity index is 2.29. The zero-order valence-corrected chi connectivity index (χ0v) is 14.9. The maximum absolute atomic E-state index is 10.3. The molecule has 3 aliphatic rings. The Morgan fingerprint density at radius 2 is 1.21 bits per heavy atom. The van der Waals surface area contributed by atoms with Crippen LogP contribution in [0, 0.1) is 11.8 Å². The molecule has 1 nitrogen and oxygen atoms in total. The molecule has 3 aliphatic carbocycles. The lowest BCUT2D eigenvalue weighted by molar-refractivity contribution is 0.115. The van der Waals surface area contributed by atoms with Gasteiger partial charge in [0.1, 0.15) is 9.75 Å². The Kier molecular flexibility index (Phi) is 3.60. The molecule has 0 saturated heterocycles. The van der Waals surface area contributed by atoms with Gasteiger partial charge in [0.05, 0.1) is 26.9 Å². The van der Waals surface area contributed by atoms with Crippen LogP contribution in [0.25, 0.3) is 0 Å². The van der Waals surface area contributed by atoms with Crippen molar-refractivity contribution in [3.63, 3.8) is 0 Å². The number of rotatable bonds is 0. The molecule has 0 amide bonds. The molecule has 0 heterocycles. The maximum Gasteiger partial charge on any atom is 0.166 e. The summed E-state index contributed by atoms with van der Waals surface area (Å²) in [6.07, 6.45) is -1.03. The lowest BCUT2D eigenvalue weighted by atomic mass is 9.83. The second kappa shape index (κ2) is 4.30. The molecular formula is C10H6Cl8O. The second-order valence-electron chi connectivity index (χ2n) is 5.06. The van der Waals surface area contributed by atoms with Crippen molar-refractivity contribution in [1.82, 2.24) is 0 Å².